The Hall–Kier alpha value is 0.440. The predicted octanol–water partition coefficient (Wildman–Crippen LogP) is 5.97. The highest BCUT2D eigenvalue weighted by atomic mass is 79.9. The van der Waals surface area contributed by atoms with E-state index in [9.17, 15) is 0 Å². The monoisotopic (exact) mass is 333 g/mol. The van der Waals surface area contributed by atoms with Gasteiger partial charge in [-0.05, 0) is 39.3 Å². The third kappa shape index (κ3) is 9.90. The highest BCUT2D eigenvalue weighted by Gasteiger charge is 2.18. The quantitative estimate of drug-likeness (QED) is 0.421. The third-order valence-electron chi connectivity index (χ3n) is 4.49. The van der Waals surface area contributed by atoms with Crippen molar-refractivity contribution >= 4 is 17.0 Å². The van der Waals surface area contributed by atoms with Crippen LogP contribution in [0.2, 0.25) is 0 Å². The van der Waals surface area contributed by atoms with Gasteiger partial charge in [0.05, 0.1) is 0 Å². The van der Waals surface area contributed by atoms with E-state index in [4.69, 9.17) is 0 Å². The number of halogens is 1. The number of rotatable bonds is 11. The Morgan fingerprint density at radius 3 is 1.84 bits per heavy atom. The number of hydrogen-bond donors (Lipinski definition) is 0. The van der Waals surface area contributed by atoms with Crippen LogP contribution in [0.4, 0.5) is 0 Å². The van der Waals surface area contributed by atoms with E-state index in [2.05, 4.69) is 18.7 Å². The summed E-state index contributed by atoms with van der Waals surface area (Å²) in [7, 11) is 0. The van der Waals surface area contributed by atoms with Gasteiger partial charge in [0, 0.05) is 6.04 Å². The molecule has 0 aromatic carbocycles. The maximum absolute atomic E-state index is 2.69. The highest BCUT2D eigenvalue weighted by Crippen LogP contribution is 2.17. The van der Waals surface area contributed by atoms with E-state index in [0.29, 0.717) is 0 Å². The first kappa shape index (κ1) is 19.4. The van der Waals surface area contributed by atoms with Gasteiger partial charge in [-0.1, -0.05) is 64.7 Å². The van der Waals surface area contributed by atoms with Crippen LogP contribution in [-0.2, 0) is 0 Å². The molecule has 0 spiro atoms. The first-order valence-corrected chi connectivity index (χ1v) is 8.58. The molecule has 1 heterocycles. The third-order valence-corrected chi connectivity index (χ3v) is 4.49. The average molecular weight is 334 g/mol. The Bertz CT molecular complexity index is 184. The Morgan fingerprint density at radius 1 is 0.842 bits per heavy atom. The Balaban J connectivity index is 0.00000324. The van der Waals surface area contributed by atoms with Crippen molar-refractivity contribution in [1.29, 1.82) is 0 Å². The average Bonchev–Trinajstić information content (AvgIpc) is 2.77. The SMILES string of the molecule is Br.CCCCCCCCCCCCN1CCCC1C. The maximum atomic E-state index is 2.69. The summed E-state index contributed by atoms with van der Waals surface area (Å²) in [5, 5.41) is 0. The molecule has 1 unspecified atom stereocenters. The molecule has 0 radical (unpaired) electrons. The van der Waals surface area contributed by atoms with Gasteiger partial charge < -0.3 is 4.90 Å². The number of hydrogen-bond acceptors (Lipinski definition) is 1. The normalized spacial score (nSPS) is 19.6. The van der Waals surface area contributed by atoms with Crippen LogP contribution in [0.5, 0.6) is 0 Å². The van der Waals surface area contributed by atoms with E-state index < -0.39 is 0 Å². The van der Waals surface area contributed by atoms with Crippen LogP contribution in [0.3, 0.4) is 0 Å². The Labute approximate surface area is 132 Å². The molecule has 0 amide bonds. The first-order chi connectivity index (χ1) is 8.84. The summed E-state index contributed by atoms with van der Waals surface area (Å²) in [6, 6.07) is 0.864. The summed E-state index contributed by atoms with van der Waals surface area (Å²) in [6.07, 6.45) is 17.4. The lowest BCUT2D eigenvalue weighted by atomic mass is 10.1. The van der Waals surface area contributed by atoms with Crippen molar-refractivity contribution in [1.82, 2.24) is 4.90 Å². The molecule has 116 valence electrons. The first-order valence-electron chi connectivity index (χ1n) is 8.58. The van der Waals surface area contributed by atoms with E-state index in [1.165, 1.54) is 90.1 Å². The zero-order chi connectivity index (χ0) is 13.1. The number of nitrogens with zero attached hydrogens (tertiary/aromatic N) is 1. The maximum Gasteiger partial charge on any atom is 0.00674 e. The minimum atomic E-state index is 0. The minimum absolute atomic E-state index is 0. The van der Waals surface area contributed by atoms with Crippen molar-refractivity contribution in [2.45, 2.75) is 96.9 Å². The molecular weight excluding hydrogens is 298 g/mol. The van der Waals surface area contributed by atoms with Crippen LogP contribution in [0.1, 0.15) is 90.9 Å². The lowest BCUT2D eigenvalue weighted by Gasteiger charge is -2.20. The molecule has 19 heavy (non-hydrogen) atoms. The molecular formula is C17H36BrN. The molecule has 1 nitrogen and oxygen atoms in total. The number of likely N-dealkylation sites (tertiary alicyclic amines) is 1. The van der Waals surface area contributed by atoms with Crippen LogP contribution in [-0.4, -0.2) is 24.0 Å². The summed E-state index contributed by atoms with van der Waals surface area (Å²) < 4.78 is 0. The fraction of sp³-hybridized carbons (Fsp3) is 1.00. The lowest BCUT2D eigenvalue weighted by molar-refractivity contribution is 0.262. The molecule has 1 atom stereocenters. The van der Waals surface area contributed by atoms with Gasteiger partial charge in [0.15, 0.2) is 0 Å². The molecule has 1 saturated heterocycles. The summed E-state index contributed by atoms with van der Waals surface area (Å²) >= 11 is 0. The summed E-state index contributed by atoms with van der Waals surface area (Å²) in [4.78, 5) is 2.69. The van der Waals surface area contributed by atoms with Gasteiger partial charge in [-0.25, -0.2) is 0 Å². The summed E-state index contributed by atoms with van der Waals surface area (Å²) in [6.45, 7) is 7.40. The highest BCUT2D eigenvalue weighted by molar-refractivity contribution is 8.93. The summed E-state index contributed by atoms with van der Waals surface area (Å²) in [5.41, 5.74) is 0. The van der Waals surface area contributed by atoms with E-state index in [1.807, 2.05) is 0 Å². The fourth-order valence-corrected chi connectivity index (χ4v) is 3.13. The zero-order valence-electron chi connectivity index (χ0n) is 13.3. The molecule has 1 aliphatic rings. The lowest BCUT2D eigenvalue weighted by Crippen LogP contribution is -2.27. The van der Waals surface area contributed by atoms with Crippen molar-refractivity contribution in [3.05, 3.63) is 0 Å². The molecule has 0 bridgehead atoms. The van der Waals surface area contributed by atoms with Crippen LogP contribution in [0, 0.1) is 0 Å². The van der Waals surface area contributed by atoms with Crippen LogP contribution >= 0.6 is 17.0 Å². The largest absolute Gasteiger partial charge is 0.301 e. The van der Waals surface area contributed by atoms with E-state index in [-0.39, 0.29) is 17.0 Å². The molecule has 0 saturated carbocycles. The van der Waals surface area contributed by atoms with Crippen LogP contribution in [0.15, 0.2) is 0 Å². The molecule has 0 N–H and O–H groups in total. The van der Waals surface area contributed by atoms with Gasteiger partial charge >= 0.3 is 0 Å². The van der Waals surface area contributed by atoms with Crippen LogP contribution < -0.4 is 0 Å². The smallest absolute Gasteiger partial charge is 0.00674 e. The van der Waals surface area contributed by atoms with Gasteiger partial charge in [0.25, 0.3) is 0 Å². The second-order valence-electron chi connectivity index (χ2n) is 6.21. The molecule has 2 heteroatoms. The van der Waals surface area contributed by atoms with Crippen molar-refractivity contribution in [3.8, 4) is 0 Å². The van der Waals surface area contributed by atoms with Crippen LogP contribution in [0.25, 0.3) is 0 Å². The van der Waals surface area contributed by atoms with Crippen molar-refractivity contribution in [3.63, 3.8) is 0 Å². The van der Waals surface area contributed by atoms with Gasteiger partial charge in [0.2, 0.25) is 0 Å². The molecule has 0 aromatic heterocycles. The molecule has 1 aliphatic heterocycles. The molecule has 0 aromatic rings. The molecule has 0 aliphatic carbocycles. The topological polar surface area (TPSA) is 3.24 Å². The zero-order valence-corrected chi connectivity index (χ0v) is 15.0. The Morgan fingerprint density at radius 2 is 1.37 bits per heavy atom. The summed E-state index contributed by atoms with van der Waals surface area (Å²) in [5.74, 6) is 0. The van der Waals surface area contributed by atoms with Gasteiger partial charge in [0.1, 0.15) is 0 Å². The second-order valence-corrected chi connectivity index (χ2v) is 6.21. The van der Waals surface area contributed by atoms with Gasteiger partial charge in [-0.3, -0.25) is 0 Å². The standard InChI is InChI=1S/C17H35N.BrH/c1-3-4-5-6-7-8-9-10-11-12-15-18-16-13-14-17(18)2;/h17H,3-16H2,1-2H3;1H. The second kappa shape index (κ2) is 13.4. The van der Waals surface area contributed by atoms with E-state index in [0.717, 1.165) is 6.04 Å². The molecule has 1 fully saturated rings. The fourth-order valence-electron chi connectivity index (χ4n) is 3.13. The van der Waals surface area contributed by atoms with E-state index in [1.54, 1.807) is 0 Å². The van der Waals surface area contributed by atoms with E-state index >= 15 is 0 Å². The predicted molar refractivity (Wildman–Crippen MR) is 92.4 cm³/mol. The van der Waals surface area contributed by atoms with Crippen molar-refractivity contribution in [2.75, 3.05) is 13.1 Å². The van der Waals surface area contributed by atoms with Crippen molar-refractivity contribution in [2.24, 2.45) is 0 Å². The number of unbranched alkanes of at least 4 members (excludes halogenated alkanes) is 9. The molecule has 1 rings (SSSR count). The van der Waals surface area contributed by atoms with Crippen molar-refractivity contribution < 1.29 is 0 Å². The minimum Gasteiger partial charge on any atom is -0.301 e. The Kier molecular flexibility index (Phi) is 13.7. The van der Waals surface area contributed by atoms with Gasteiger partial charge in [-0.15, -0.1) is 17.0 Å². The van der Waals surface area contributed by atoms with Gasteiger partial charge in [-0.2, -0.15) is 0 Å².